The molecule has 1 aliphatic heterocycles. The number of imidazole rings is 1. The van der Waals surface area contributed by atoms with Crippen molar-refractivity contribution >= 4 is 0 Å². The molecule has 1 aromatic heterocycles. The first-order valence-electron chi connectivity index (χ1n) is 9.49. The highest BCUT2D eigenvalue weighted by molar-refractivity contribution is 5.79. The molecule has 0 amide bonds. The van der Waals surface area contributed by atoms with Crippen LogP contribution in [0.5, 0.6) is 0 Å². The fraction of sp³-hybridized carbons (Fsp3) is 0.348. The normalized spacial score (nSPS) is 24.8. The van der Waals surface area contributed by atoms with Crippen LogP contribution in [0.25, 0.3) is 22.5 Å². The maximum Gasteiger partial charge on any atom is 0.116 e. The summed E-state index contributed by atoms with van der Waals surface area (Å²) in [6.45, 7) is 3.55. The van der Waals surface area contributed by atoms with E-state index in [9.17, 15) is 0 Å². The van der Waals surface area contributed by atoms with Gasteiger partial charge in [-0.25, -0.2) is 4.98 Å². The van der Waals surface area contributed by atoms with Gasteiger partial charge in [-0.2, -0.15) is 0 Å². The zero-order valence-corrected chi connectivity index (χ0v) is 14.8. The number of hydrogen-bond acceptors (Lipinski definition) is 1. The SMILES string of the molecule is C[C@@]12CCC[C@@H]1CCn1c2nc(-c2ccccc2)c1-c1ccccc1. The van der Waals surface area contributed by atoms with Crippen molar-refractivity contribution in [1.29, 1.82) is 0 Å². The molecule has 5 rings (SSSR count). The highest BCUT2D eigenvalue weighted by Gasteiger charge is 2.46. The van der Waals surface area contributed by atoms with Crippen molar-refractivity contribution in [2.24, 2.45) is 5.92 Å². The van der Waals surface area contributed by atoms with E-state index in [-0.39, 0.29) is 5.41 Å². The molecule has 2 nitrogen and oxygen atoms in total. The second kappa shape index (κ2) is 5.59. The Balaban J connectivity index is 1.78. The van der Waals surface area contributed by atoms with E-state index in [2.05, 4.69) is 72.2 Å². The van der Waals surface area contributed by atoms with Crippen molar-refractivity contribution in [3.05, 3.63) is 66.5 Å². The molecule has 1 saturated carbocycles. The van der Waals surface area contributed by atoms with Crippen LogP contribution in [0.3, 0.4) is 0 Å². The number of aromatic nitrogens is 2. The number of fused-ring (bicyclic) bond motifs is 3. The van der Waals surface area contributed by atoms with E-state index in [1.165, 1.54) is 48.3 Å². The number of hydrogen-bond donors (Lipinski definition) is 0. The van der Waals surface area contributed by atoms with Crippen LogP contribution in [0.1, 0.15) is 38.4 Å². The summed E-state index contributed by atoms with van der Waals surface area (Å²) < 4.78 is 2.53. The summed E-state index contributed by atoms with van der Waals surface area (Å²) in [4.78, 5) is 5.27. The van der Waals surface area contributed by atoms with Gasteiger partial charge in [0.05, 0.1) is 11.4 Å². The maximum atomic E-state index is 5.27. The fourth-order valence-corrected chi connectivity index (χ4v) is 5.07. The lowest BCUT2D eigenvalue weighted by atomic mass is 9.75. The third-order valence-corrected chi connectivity index (χ3v) is 6.42. The van der Waals surface area contributed by atoms with Crippen molar-refractivity contribution in [2.45, 2.75) is 44.6 Å². The van der Waals surface area contributed by atoms with Crippen molar-refractivity contribution in [2.75, 3.05) is 0 Å². The molecule has 1 fully saturated rings. The van der Waals surface area contributed by atoms with Gasteiger partial charge in [0, 0.05) is 23.1 Å². The highest BCUT2D eigenvalue weighted by Crippen LogP contribution is 2.51. The van der Waals surface area contributed by atoms with Crippen molar-refractivity contribution in [1.82, 2.24) is 9.55 Å². The maximum absolute atomic E-state index is 5.27. The summed E-state index contributed by atoms with van der Waals surface area (Å²) in [5.41, 5.74) is 5.19. The van der Waals surface area contributed by atoms with Gasteiger partial charge in [-0.3, -0.25) is 0 Å². The lowest BCUT2D eigenvalue weighted by Gasteiger charge is -2.36. The predicted molar refractivity (Wildman–Crippen MR) is 102 cm³/mol. The molecule has 2 heterocycles. The third kappa shape index (κ3) is 2.20. The Morgan fingerprint density at radius 2 is 1.60 bits per heavy atom. The van der Waals surface area contributed by atoms with E-state index < -0.39 is 0 Å². The van der Waals surface area contributed by atoms with Crippen molar-refractivity contribution in [3.63, 3.8) is 0 Å². The van der Waals surface area contributed by atoms with Crippen LogP contribution >= 0.6 is 0 Å². The number of nitrogens with zero attached hydrogens (tertiary/aromatic N) is 2. The molecule has 0 radical (unpaired) electrons. The van der Waals surface area contributed by atoms with Gasteiger partial charge in [0.15, 0.2) is 0 Å². The molecule has 0 unspecified atom stereocenters. The summed E-state index contributed by atoms with van der Waals surface area (Å²) in [5, 5.41) is 0. The van der Waals surface area contributed by atoms with Crippen LogP contribution < -0.4 is 0 Å². The first-order chi connectivity index (χ1) is 12.3. The summed E-state index contributed by atoms with van der Waals surface area (Å²) in [7, 11) is 0. The first kappa shape index (κ1) is 14.9. The fourth-order valence-electron chi connectivity index (χ4n) is 5.07. The summed E-state index contributed by atoms with van der Waals surface area (Å²) in [6, 6.07) is 21.5. The Labute approximate surface area is 149 Å². The Morgan fingerprint density at radius 1 is 0.920 bits per heavy atom. The van der Waals surface area contributed by atoms with Gasteiger partial charge in [-0.15, -0.1) is 0 Å². The molecule has 2 aliphatic rings. The molecule has 126 valence electrons. The van der Waals surface area contributed by atoms with Crippen LogP contribution in [-0.4, -0.2) is 9.55 Å². The second-order valence-electron chi connectivity index (χ2n) is 7.81. The van der Waals surface area contributed by atoms with E-state index >= 15 is 0 Å². The number of benzene rings is 2. The summed E-state index contributed by atoms with van der Waals surface area (Å²) in [6.07, 6.45) is 5.27. The molecule has 3 aromatic rings. The minimum atomic E-state index is 0.245. The zero-order valence-electron chi connectivity index (χ0n) is 14.8. The zero-order chi connectivity index (χ0) is 16.9. The van der Waals surface area contributed by atoms with Crippen LogP contribution in [0.2, 0.25) is 0 Å². The van der Waals surface area contributed by atoms with E-state index in [0.717, 1.165) is 18.2 Å². The van der Waals surface area contributed by atoms with Crippen molar-refractivity contribution < 1.29 is 0 Å². The van der Waals surface area contributed by atoms with Gasteiger partial charge in [0.2, 0.25) is 0 Å². The van der Waals surface area contributed by atoms with Crippen LogP contribution in [0.4, 0.5) is 0 Å². The van der Waals surface area contributed by atoms with Gasteiger partial charge in [0.25, 0.3) is 0 Å². The lowest BCUT2D eigenvalue weighted by molar-refractivity contribution is 0.249. The molecule has 0 spiro atoms. The molecular weight excluding hydrogens is 304 g/mol. The second-order valence-corrected chi connectivity index (χ2v) is 7.81. The Bertz CT molecular complexity index is 895. The Morgan fingerprint density at radius 3 is 2.32 bits per heavy atom. The van der Waals surface area contributed by atoms with Gasteiger partial charge in [-0.05, 0) is 25.2 Å². The monoisotopic (exact) mass is 328 g/mol. The molecule has 0 N–H and O–H groups in total. The van der Waals surface area contributed by atoms with Gasteiger partial charge in [0.1, 0.15) is 5.82 Å². The third-order valence-electron chi connectivity index (χ3n) is 6.42. The predicted octanol–water partition coefficient (Wildman–Crippen LogP) is 5.68. The minimum absolute atomic E-state index is 0.245. The van der Waals surface area contributed by atoms with E-state index in [1.807, 2.05) is 0 Å². The molecule has 2 aromatic carbocycles. The highest BCUT2D eigenvalue weighted by atomic mass is 15.1. The summed E-state index contributed by atoms with van der Waals surface area (Å²) in [5.74, 6) is 2.12. The molecule has 2 heteroatoms. The average molecular weight is 328 g/mol. The van der Waals surface area contributed by atoms with Crippen LogP contribution in [0.15, 0.2) is 60.7 Å². The molecule has 0 saturated heterocycles. The standard InChI is InChI=1S/C23H24N2/c1-23-15-8-13-19(23)14-16-25-21(18-11-6-3-7-12-18)20(24-22(23)25)17-9-4-2-5-10-17/h2-7,9-12,19H,8,13-16H2,1H3/t19-,23-/m1/s1. The van der Waals surface area contributed by atoms with Crippen molar-refractivity contribution in [3.8, 4) is 22.5 Å². The van der Waals surface area contributed by atoms with Crippen LogP contribution in [0, 0.1) is 5.92 Å². The average Bonchev–Trinajstić information content (AvgIpc) is 3.24. The molecular formula is C23H24N2. The van der Waals surface area contributed by atoms with Gasteiger partial charge < -0.3 is 4.57 Å². The molecule has 0 bridgehead atoms. The van der Waals surface area contributed by atoms with Crippen LogP contribution in [-0.2, 0) is 12.0 Å². The smallest absolute Gasteiger partial charge is 0.116 e. The van der Waals surface area contributed by atoms with Gasteiger partial charge in [-0.1, -0.05) is 74.0 Å². The largest absolute Gasteiger partial charge is 0.327 e. The van der Waals surface area contributed by atoms with E-state index in [4.69, 9.17) is 4.98 Å². The van der Waals surface area contributed by atoms with E-state index in [0.29, 0.717) is 0 Å². The summed E-state index contributed by atoms with van der Waals surface area (Å²) >= 11 is 0. The first-order valence-corrected chi connectivity index (χ1v) is 9.49. The molecule has 2 atom stereocenters. The quantitative estimate of drug-likeness (QED) is 0.592. The lowest BCUT2D eigenvalue weighted by Crippen LogP contribution is -2.36. The topological polar surface area (TPSA) is 17.8 Å². The molecule has 1 aliphatic carbocycles. The Kier molecular flexibility index (Phi) is 3.34. The number of rotatable bonds is 2. The minimum Gasteiger partial charge on any atom is -0.327 e. The Hall–Kier alpha value is -2.35. The van der Waals surface area contributed by atoms with E-state index in [1.54, 1.807) is 0 Å². The van der Waals surface area contributed by atoms with Gasteiger partial charge >= 0.3 is 0 Å². The molecule has 25 heavy (non-hydrogen) atoms.